The number of ether oxygens (including phenoxy) is 1. The summed E-state index contributed by atoms with van der Waals surface area (Å²) in [7, 11) is 1.56. The van der Waals surface area contributed by atoms with Crippen LogP contribution in [0.3, 0.4) is 0 Å². The van der Waals surface area contributed by atoms with Gasteiger partial charge in [0.05, 0.1) is 17.0 Å². The normalized spacial score (nSPS) is 12.3. The fourth-order valence-electron chi connectivity index (χ4n) is 1.89. The summed E-state index contributed by atoms with van der Waals surface area (Å²) in [4.78, 5) is 0. The molecule has 0 aromatic heterocycles. The van der Waals surface area contributed by atoms with Gasteiger partial charge in [-0.15, -0.1) is 11.6 Å². The van der Waals surface area contributed by atoms with Crippen molar-refractivity contribution in [2.24, 2.45) is 0 Å². The van der Waals surface area contributed by atoms with Crippen LogP contribution in [0, 0.1) is 0 Å². The molecule has 0 fully saturated rings. The fraction of sp³-hybridized carbons (Fsp3) is 0.143. The molecule has 2 aromatic rings. The molecule has 0 aliphatic heterocycles. The fourth-order valence-corrected chi connectivity index (χ4v) is 4.01. The quantitative estimate of drug-likeness (QED) is 0.505. The van der Waals surface area contributed by atoms with E-state index in [9.17, 15) is 0 Å². The molecule has 106 valence electrons. The van der Waals surface area contributed by atoms with Gasteiger partial charge in [-0.1, -0.05) is 40.9 Å². The molecular formula is C14H9BrCl4O. The van der Waals surface area contributed by atoms with Crippen LogP contribution in [0.5, 0.6) is 5.75 Å². The Bertz CT molecular complexity index is 625. The van der Waals surface area contributed by atoms with Crippen molar-refractivity contribution in [3.8, 4) is 5.75 Å². The number of hydrogen-bond acceptors (Lipinski definition) is 1. The SMILES string of the molecule is COc1c(Br)cc(Cl)cc1C(Cl)c1c(Cl)cccc1Cl. The van der Waals surface area contributed by atoms with Crippen LogP contribution in [0.1, 0.15) is 16.5 Å². The van der Waals surface area contributed by atoms with Gasteiger partial charge in [-0.05, 0) is 40.2 Å². The summed E-state index contributed by atoms with van der Waals surface area (Å²) in [6.45, 7) is 0. The molecular weight excluding hydrogens is 406 g/mol. The van der Waals surface area contributed by atoms with Gasteiger partial charge in [-0.25, -0.2) is 0 Å². The molecule has 20 heavy (non-hydrogen) atoms. The standard InChI is InChI=1S/C14H9BrCl4O/c1-20-14-8(5-7(16)6-9(14)15)13(19)12-10(17)3-2-4-11(12)18/h2-6,13H,1H3. The van der Waals surface area contributed by atoms with E-state index >= 15 is 0 Å². The van der Waals surface area contributed by atoms with Gasteiger partial charge < -0.3 is 4.74 Å². The minimum atomic E-state index is -0.568. The zero-order chi connectivity index (χ0) is 14.9. The monoisotopic (exact) mass is 412 g/mol. The van der Waals surface area contributed by atoms with Crippen LogP contribution in [-0.2, 0) is 0 Å². The molecule has 0 N–H and O–H groups in total. The van der Waals surface area contributed by atoms with Crippen molar-refractivity contribution in [2.75, 3.05) is 7.11 Å². The van der Waals surface area contributed by atoms with E-state index in [1.54, 1.807) is 37.4 Å². The maximum Gasteiger partial charge on any atom is 0.138 e. The Morgan fingerprint density at radius 1 is 1.10 bits per heavy atom. The van der Waals surface area contributed by atoms with Crippen molar-refractivity contribution < 1.29 is 4.74 Å². The van der Waals surface area contributed by atoms with Crippen molar-refractivity contribution >= 4 is 62.3 Å². The highest BCUT2D eigenvalue weighted by Gasteiger charge is 2.23. The molecule has 0 saturated carbocycles. The Kier molecular flexibility index (Phi) is 5.49. The van der Waals surface area contributed by atoms with Crippen LogP contribution in [0.2, 0.25) is 15.1 Å². The van der Waals surface area contributed by atoms with E-state index in [0.717, 1.165) is 4.47 Å². The lowest BCUT2D eigenvalue weighted by molar-refractivity contribution is 0.407. The zero-order valence-corrected chi connectivity index (χ0v) is 14.9. The molecule has 0 saturated heterocycles. The van der Waals surface area contributed by atoms with Gasteiger partial charge in [0, 0.05) is 26.2 Å². The Morgan fingerprint density at radius 2 is 1.70 bits per heavy atom. The van der Waals surface area contributed by atoms with E-state index in [2.05, 4.69) is 15.9 Å². The highest BCUT2D eigenvalue weighted by molar-refractivity contribution is 9.10. The van der Waals surface area contributed by atoms with Crippen molar-refractivity contribution in [3.05, 3.63) is 61.0 Å². The highest BCUT2D eigenvalue weighted by Crippen LogP contribution is 2.44. The first-order valence-corrected chi connectivity index (χ1v) is 7.93. The lowest BCUT2D eigenvalue weighted by Crippen LogP contribution is -2.00. The first-order chi connectivity index (χ1) is 9.45. The Hall–Kier alpha value is -0.120. The molecule has 0 radical (unpaired) electrons. The van der Waals surface area contributed by atoms with Gasteiger partial charge in [0.2, 0.25) is 0 Å². The topological polar surface area (TPSA) is 9.23 Å². The molecule has 0 aliphatic rings. The molecule has 1 nitrogen and oxygen atoms in total. The summed E-state index contributed by atoms with van der Waals surface area (Å²) in [6.07, 6.45) is 0. The molecule has 1 unspecified atom stereocenters. The maximum absolute atomic E-state index is 6.54. The smallest absolute Gasteiger partial charge is 0.138 e. The largest absolute Gasteiger partial charge is 0.495 e. The Morgan fingerprint density at radius 3 is 2.25 bits per heavy atom. The Labute approximate surface area is 145 Å². The van der Waals surface area contributed by atoms with Gasteiger partial charge in [0.25, 0.3) is 0 Å². The predicted molar refractivity (Wildman–Crippen MR) is 89.9 cm³/mol. The van der Waals surface area contributed by atoms with Gasteiger partial charge in [0.15, 0.2) is 0 Å². The predicted octanol–water partition coefficient (Wildman–Crippen LogP) is 6.75. The summed E-state index contributed by atoms with van der Waals surface area (Å²) in [5, 5.41) is 0.967. The summed E-state index contributed by atoms with van der Waals surface area (Å²) >= 11 is 28.4. The summed E-state index contributed by atoms with van der Waals surface area (Å²) < 4.78 is 6.10. The highest BCUT2D eigenvalue weighted by atomic mass is 79.9. The zero-order valence-electron chi connectivity index (χ0n) is 10.3. The first kappa shape index (κ1) is 16.3. The van der Waals surface area contributed by atoms with Crippen molar-refractivity contribution in [1.29, 1.82) is 0 Å². The molecule has 0 heterocycles. The third-order valence-electron chi connectivity index (χ3n) is 2.77. The summed E-state index contributed by atoms with van der Waals surface area (Å²) in [5.41, 5.74) is 1.33. The van der Waals surface area contributed by atoms with E-state index in [0.29, 0.717) is 31.9 Å². The molecule has 0 bridgehead atoms. The number of hydrogen-bond donors (Lipinski definition) is 0. The second-order valence-corrected chi connectivity index (χ2v) is 6.55. The van der Waals surface area contributed by atoms with Crippen LogP contribution >= 0.6 is 62.3 Å². The molecule has 1 atom stereocenters. The van der Waals surface area contributed by atoms with Crippen LogP contribution in [0.25, 0.3) is 0 Å². The number of alkyl halides is 1. The molecule has 2 rings (SSSR count). The molecule has 0 aliphatic carbocycles. The van der Waals surface area contributed by atoms with Gasteiger partial charge in [-0.3, -0.25) is 0 Å². The van der Waals surface area contributed by atoms with E-state index in [-0.39, 0.29) is 0 Å². The Balaban J connectivity index is 2.62. The van der Waals surface area contributed by atoms with E-state index in [4.69, 9.17) is 51.1 Å². The van der Waals surface area contributed by atoms with Crippen LogP contribution < -0.4 is 4.74 Å². The number of rotatable bonds is 3. The van der Waals surface area contributed by atoms with E-state index in [1.165, 1.54) is 0 Å². The minimum absolute atomic E-state index is 0.496. The van der Waals surface area contributed by atoms with Gasteiger partial charge in [-0.2, -0.15) is 0 Å². The summed E-state index contributed by atoms with van der Waals surface area (Å²) in [5.74, 6) is 0.602. The molecule has 2 aromatic carbocycles. The van der Waals surface area contributed by atoms with Crippen molar-refractivity contribution in [2.45, 2.75) is 5.38 Å². The molecule has 6 heteroatoms. The number of benzene rings is 2. The number of methoxy groups -OCH3 is 1. The second-order valence-electron chi connectivity index (χ2n) is 4.01. The van der Waals surface area contributed by atoms with Crippen LogP contribution in [0.4, 0.5) is 0 Å². The van der Waals surface area contributed by atoms with Crippen LogP contribution in [-0.4, -0.2) is 7.11 Å². The van der Waals surface area contributed by atoms with E-state index < -0.39 is 5.38 Å². The van der Waals surface area contributed by atoms with Gasteiger partial charge in [0.1, 0.15) is 5.75 Å². The number of halogens is 5. The van der Waals surface area contributed by atoms with Crippen molar-refractivity contribution in [1.82, 2.24) is 0 Å². The average molecular weight is 415 g/mol. The lowest BCUT2D eigenvalue weighted by atomic mass is 10.0. The second kappa shape index (κ2) is 6.76. The lowest BCUT2D eigenvalue weighted by Gasteiger charge is -2.18. The van der Waals surface area contributed by atoms with Gasteiger partial charge >= 0.3 is 0 Å². The maximum atomic E-state index is 6.54. The third kappa shape index (κ3) is 3.20. The first-order valence-electron chi connectivity index (χ1n) is 5.56. The summed E-state index contributed by atoms with van der Waals surface area (Å²) in [6, 6.07) is 8.72. The minimum Gasteiger partial charge on any atom is -0.495 e. The van der Waals surface area contributed by atoms with E-state index in [1.807, 2.05) is 0 Å². The van der Waals surface area contributed by atoms with Crippen LogP contribution in [0.15, 0.2) is 34.8 Å². The molecule has 0 spiro atoms. The van der Waals surface area contributed by atoms with Crippen molar-refractivity contribution in [3.63, 3.8) is 0 Å². The average Bonchev–Trinajstić information content (AvgIpc) is 2.37. The third-order valence-corrected chi connectivity index (χ3v) is 4.69. The molecule has 0 amide bonds.